The maximum absolute atomic E-state index is 3.65. The van der Waals surface area contributed by atoms with E-state index >= 15 is 0 Å². The zero-order chi connectivity index (χ0) is 15.1. The number of aryl methyl sites for hydroxylation is 3. The predicted octanol–water partition coefficient (Wildman–Crippen LogP) is 4.46. The molecule has 0 aliphatic carbocycles. The molecule has 21 heavy (non-hydrogen) atoms. The standard InChI is InChI=1S/C20H27N/c1-4-21-20(13-12-18-8-6-5-7-9-18)15-19-14-16(2)10-11-17(19)3/h5-11,14,20-21H,4,12-13,15H2,1-3H3. The van der Waals surface area contributed by atoms with Crippen molar-refractivity contribution in [2.45, 2.75) is 46.1 Å². The SMILES string of the molecule is CCNC(CCc1ccccc1)Cc1cc(C)ccc1C. The first kappa shape index (κ1) is 15.8. The van der Waals surface area contributed by atoms with E-state index < -0.39 is 0 Å². The van der Waals surface area contributed by atoms with Crippen LogP contribution in [0.1, 0.15) is 35.6 Å². The van der Waals surface area contributed by atoms with Gasteiger partial charge in [0.25, 0.3) is 0 Å². The molecule has 112 valence electrons. The van der Waals surface area contributed by atoms with Gasteiger partial charge in [-0.05, 0) is 56.3 Å². The molecule has 0 amide bonds. The number of hydrogen-bond donors (Lipinski definition) is 1. The highest BCUT2D eigenvalue weighted by Gasteiger charge is 2.10. The second-order valence-corrected chi connectivity index (χ2v) is 5.91. The Morgan fingerprint density at radius 2 is 1.76 bits per heavy atom. The highest BCUT2D eigenvalue weighted by atomic mass is 14.9. The topological polar surface area (TPSA) is 12.0 Å². The molecule has 0 saturated heterocycles. The van der Waals surface area contributed by atoms with Gasteiger partial charge in [0.05, 0.1) is 0 Å². The van der Waals surface area contributed by atoms with Gasteiger partial charge in [0.2, 0.25) is 0 Å². The Hall–Kier alpha value is -1.60. The van der Waals surface area contributed by atoms with E-state index in [2.05, 4.69) is 74.6 Å². The van der Waals surface area contributed by atoms with Crippen LogP contribution in [-0.2, 0) is 12.8 Å². The summed E-state index contributed by atoms with van der Waals surface area (Å²) in [6.07, 6.45) is 3.45. The van der Waals surface area contributed by atoms with Crippen molar-refractivity contribution in [1.82, 2.24) is 5.32 Å². The van der Waals surface area contributed by atoms with Crippen LogP contribution in [0.4, 0.5) is 0 Å². The molecule has 0 aromatic heterocycles. The van der Waals surface area contributed by atoms with Gasteiger partial charge in [-0.15, -0.1) is 0 Å². The van der Waals surface area contributed by atoms with Crippen molar-refractivity contribution in [2.24, 2.45) is 0 Å². The van der Waals surface area contributed by atoms with Gasteiger partial charge in [0, 0.05) is 6.04 Å². The largest absolute Gasteiger partial charge is 0.314 e. The van der Waals surface area contributed by atoms with Gasteiger partial charge < -0.3 is 5.32 Å². The normalized spacial score (nSPS) is 12.3. The third-order valence-electron chi connectivity index (χ3n) is 4.09. The quantitative estimate of drug-likeness (QED) is 0.790. The maximum Gasteiger partial charge on any atom is 0.0111 e. The van der Waals surface area contributed by atoms with E-state index in [1.165, 1.54) is 28.7 Å². The van der Waals surface area contributed by atoms with Crippen LogP contribution >= 0.6 is 0 Å². The van der Waals surface area contributed by atoms with Crippen LogP contribution < -0.4 is 5.32 Å². The van der Waals surface area contributed by atoms with Gasteiger partial charge in [-0.2, -0.15) is 0 Å². The van der Waals surface area contributed by atoms with Crippen LogP contribution in [0.15, 0.2) is 48.5 Å². The second-order valence-electron chi connectivity index (χ2n) is 5.91. The average molecular weight is 281 g/mol. The molecule has 1 heteroatoms. The monoisotopic (exact) mass is 281 g/mol. The number of rotatable bonds is 7. The molecule has 0 aliphatic rings. The van der Waals surface area contributed by atoms with Crippen molar-refractivity contribution in [1.29, 1.82) is 0 Å². The zero-order valence-corrected chi connectivity index (χ0v) is 13.5. The van der Waals surface area contributed by atoms with Gasteiger partial charge in [-0.1, -0.05) is 61.0 Å². The Kier molecular flexibility index (Phi) is 6.01. The lowest BCUT2D eigenvalue weighted by Crippen LogP contribution is -2.31. The molecule has 2 aromatic rings. The van der Waals surface area contributed by atoms with Crippen molar-refractivity contribution in [3.63, 3.8) is 0 Å². The average Bonchev–Trinajstić information content (AvgIpc) is 2.50. The highest BCUT2D eigenvalue weighted by Crippen LogP contribution is 2.15. The molecule has 0 spiro atoms. The van der Waals surface area contributed by atoms with Crippen LogP contribution in [0.25, 0.3) is 0 Å². The van der Waals surface area contributed by atoms with E-state index in [4.69, 9.17) is 0 Å². The molecule has 0 fully saturated rings. The number of likely N-dealkylation sites (N-methyl/N-ethyl adjacent to an activating group) is 1. The molecule has 2 aromatic carbocycles. The summed E-state index contributed by atoms with van der Waals surface area (Å²) in [5.74, 6) is 0. The molecule has 0 heterocycles. The fraction of sp³-hybridized carbons (Fsp3) is 0.400. The Labute approximate surface area is 129 Å². The van der Waals surface area contributed by atoms with E-state index in [1.807, 2.05) is 0 Å². The lowest BCUT2D eigenvalue weighted by Gasteiger charge is -2.19. The molecule has 1 unspecified atom stereocenters. The molecule has 1 N–H and O–H groups in total. The molecular weight excluding hydrogens is 254 g/mol. The van der Waals surface area contributed by atoms with Gasteiger partial charge in [0.1, 0.15) is 0 Å². The Morgan fingerprint density at radius 1 is 1.00 bits per heavy atom. The van der Waals surface area contributed by atoms with Gasteiger partial charge in [-0.3, -0.25) is 0 Å². The molecule has 0 radical (unpaired) electrons. The summed E-state index contributed by atoms with van der Waals surface area (Å²) in [5, 5.41) is 3.65. The molecule has 1 nitrogen and oxygen atoms in total. The van der Waals surface area contributed by atoms with E-state index in [9.17, 15) is 0 Å². The smallest absolute Gasteiger partial charge is 0.0111 e. The lowest BCUT2D eigenvalue weighted by atomic mass is 9.95. The summed E-state index contributed by atoms with van der Waals surface area (Å²) < 4.78 is 0. The summed E-state index contributed by atoms with van der Waals surface area (Å²) in [4.78, 5) is 0. The van der Waals surface area contributed by atoms with Crippen LogP contribution in [0.2, 0.25) is 0 Å². The summed E-state index contributed by atoms with van der Waals surface area (Å²) >= 11 is 0. The van der Waals surface area contributed by atoms with Crippen LogP contribution in [0, 0.1) is 13.8 Å². The second kappa shape index (κ2) is 7.99. The Bertz CT molecular complexity index is 545. The third-order valence-corrected chi connectivity index (χ3v) is 4.09. The third kappa shape index (κ3) is 5.02. The Balaban J connectivity index is 2.00. The van der Waals surface area contributed by atoms with Crippen molar-refractivity contribution >= 4 is 0 Å². The lowest BCUT2D eigenvalue weighted by molar-refractivity contribution is 0.490. The number of nitrogens with one attached hydrogen (secondary N) is 1. The molecule has 0 aliphatic heterocycles. The number of hydrogen-bond acceptors (Lipinski definition) is 1. The van der Waals surface area contributed by atoms with Crippen molar-refractivity contribution in [2.75, 3.05) is 6.54 Å². The van der Waals surface area contributed by atoms with Crippen molar-refractivity contribution in [3.05, 3.63) is 70.8 Å². The summed E-state index contributed by atoms with van der Waals surface area (Å²) in [6, 6.07) is 18.1. The van der Waals surface area contributed by atoms with Gasteiger partial charge in [-0.25, -0.2) is 0 Å². The zero-order valence-electron chi connectivity index (χ0n) is 13.5. The molecule has 2 rings (SSSR count). The molecular formula is C20H27N. The minimum absolute atomic E-state index is 0.552. The molecule has 0 saturated carbocycles. The fourth-order valence-corrected chi connectivity index (χ4v) is 2.84. The van der Waals surface area contributed by atoms with E-state index in [0.29, 0.717) is 6.04 Å². The van der Waals surface area contributed by atoms with Gasteiger partial charge in [0.15, 0.2) is 0 Å². The minimum atomic E-state index is 0.552. The van der Waals surface area contributed by atoms with Crippen LogP contribution in [-0.4, -0.2) is 12.6 Å². The minimum Gasteiger partial charge on any atom is -0.314 e. The first-order valence-corrected chi connectivity index (χ1v) is 8.02. The van der Waals surface area contributed by atoms with Crippen LogP contribution in [0.5, 0.6) is 0 Å². The van der Waals surface area contributed by atoms with E-state index in [1.54, 1.807) is 0 Å². The summed E-state index contributed by atoms with van der Waals surface area (Å²) in [7, 11) is 0. The van der Waals surface area contributed by atoms with Gasteiger partial charge >= 0.3 is 0 Å². The first-order valence-electron chi connectivity index (χ1n) is 8.02. The molecule has 1 atom stereocenters. The van der Waals surface area contributed by atoms with Crippen molar-refractivity contribution < 1.29 is 0 Å². The number of benzene rings is 2. The van der Waals surface area contributed by atoms with Crippen LogP contribution in [0.3, 0.4) is 0 Å². The fourth-order valence-electron chi connectivity index (χ4n) is 2.84. The van der Waals surface area contributed by atoms with Crippen molar-refractivity contribution in [3.8, 4) is 0 Å². The Morgan fingerprint density at radius 3 is 2.48 bits per heavy atom. The first-order chi connectivity index (χ1) is 10.2. The molecule has 0 bridgehead atoms. The van der Waals surface area contributed by atoms with E-state index in [0.717, 1.165) is 19.4 Å². The predicted molar refractivity (Wildman–Crippen MR) is 91.8 cm³/mol. The maximum atomic E-state index is 3.65. The van der Waals surface area contributed by atoms with E-state index in [-0.39, 0.29) is 0 Å². The summed E-state index contributed by atoms with van der Waals surface area (Å²) in [6.45, 7) is 7.62. The highest BCUT2D eigenvalue weighted by molar-refractivity contribution is 5.31. The summed E-state index contributed by atoms with van der Waals surface area (Å²) in [5.41, 5.74) is 5.67.